The van der Waals surface area contributed by atoms with E-state index >= 15 is 0 Å². The second-order valence-electron chi connectivity index (χ2n) is 12.5. The van der Waals surface area contributed by atoms with Gasteiger partial charge in [-0.1, -0.05) is 36.8 Å². The second kappa shape index (κ2) is 9.83. The Labute approximate surface area is 222 Å². The maximum absolute atomic E-state index is 13.2. The lowest BCUT2D eigenvalue weighted by molar-refractivity contribution is -0.137. The number of likely N-dealkylation sites (N-methyl/N-ethyl adjacent to an activating group) is 1. The molecule has 4 atom stereocenters. The molecular weight excluding hydrogens is 472 g/mol. The molecule has 0 aromatic heterocycles. The van der Waals surface area contributed by atoms with Crippen LogP contribution in [0, 0.1) is 11.8 Å². The fraction of sp³-hybridized carbons (Fsp3) is 0.724. The normalized spacial score (nSPS) is 34.6. The topological polar surface area (TPSA) is 47.1 Å². The molecule has 0 N–H and O–H groups in total. The number of likely N-dealkylation sites (tertiary alicyclic amines) is 1. The predicted molar refractivity (Wildman–Crippen MR) is 144 cm³/mol. The number of nitrogens with zero attached hydrogens (tertiary/aromatic N) is 4. The van der Waals surface area contributed by atoms with Gasteiger partial charge < -0.3 is 14.7 Å². The van der Waals surface area contributed by atoms with E-state index in [1.54, 1.807) is 0 Å². The minimum absolute atomic E-state index is 0. The van der Waals surface area contributed by atoms with E-state index in [-0.39, 0.29) is 35.9 Å². The zero-order valence-corrected chi connectivity index (χ0v) is 23.0. The summed E-state index contributed by atoms with van der Waals surface area (Å²) < 4.78 is 0. The first-order valence-corrected chi connectivity index (χ1v) is 14.0. The van der Waals surface area contributed by atoms with Crippen LogP contribution in [0.1, 0.15) is 70.3 Å². The quantitative estimate of drug-likeness (QED) is 0.577. The number of carbonyl (C=O) groups excluding carboxylic acids is 2. The number of benzene rings is 1. The van der Waals surface area contributed by atoms with Crippen molar-refractivity contribution in [2.75, 3.05) is 33.2 Å². The third-order valence-electron chi connectivity index (χ3n) is 9.97. The number of hydrogen-bond acceptors (Lipinski definition) is 3. The molecule has 4 saturated heterocycles. The highest BCUT2D eigenvalue weighted by Gasteiger charge is 2.57. The zero-order chi connectivity index (χ0) is 24.3. The minimum Gasteiger partial charge on any atom is -0.341 e. The summed E-state index contributed by atoms with van der Waals surface area (Å²) in [7, 11) is 1.97. The molecule has 198 valence electrons. The molecule has 1 aliphatic carbocycles. The minimum atomic E-state index is -0.0108. The number of urea groups is 1. The van der Waals surface area contributed by atoms with Crippen molar-refractivity contribution in [1.82, 2.24) is 19.6 Å². The number of amides is 3. The predicted octanol–water partition coefficient (Wildman–Crippen LogP) is 4.59. The maximum Gasteiger partial charge on any atom is 0.320 e. The Morgan fingerprint density at radius 1 is 1.03 bits per heavy atom. The Balaban J connectivity index is 0.00000267. The summed E-state index contributed by atoms with van der Waals surface area (Å²) >= 11 is 0. The molecule has 36 heavy (non-hydrogen) atoms. The van der Waals surface area contributed by atoms with Crippen LogP contribution in [-0.4, -0.2) is 88.4 Å². The Morgan fingerprint density at radius 3 is 2.28 bits per heavy atom. The Kier molecular flexibility index (Phi) is 7.05. The first-order valence-electron chi connectivity index (χ1n) is 14.0. The first kappa shape index (κ1) is 25.8. The van der Waals surface area contributed by atoms with E-state index in [0.29, 0.717) is 29.8 Å². The summed E-state index contributed by atoms with van der Waals surface area (Å²) in [6.45, 7) is 8.05. The van der Waals surface area contributed by atoms with Gasteiger partial charge in [-0.25, -0.2) is 4.79 Å². The van der Waals surface area contributed by atoms with Crippen molar-refractivity contribution in [3.8, 4) is 0 Å². The number of piperidine rings is 1. The highest BCUT2D eigenvalue weighted by molar-refractivity contribution is 5.85. The number of halogens is 1. The fourth-order valence-electron chi connectivity index (χ4n) is 8.28. The van der Waals surface area contributed by atoms with Gasteiger partial charge in [-0.3, -0.25) is 9.69 Å². The zero-order valence-electron chi connectivity index (χ0n) is 22.1. The molecule has 1 aromatic carbocycles. The highest BCUT2D eigenvalue weighted by Crippen LogP contribution is 2.48. The van der Waals surface area contributed by atoms with E-state index in [9.17, 15) is 9.59 Å². The lowest BCUT2D eigenvalue weighted by atomic mass is 9.80. The molecule has 5 aliphatic rings. The molecule has 7 heteroatoms. The smallest absolute Gasteiger partial charge is 0.320 e. The largest absolute Gasteiger partial charge is 0.341 e. The van der Waals surface area contributed by atoms with Crippen LogP contribution in [0.15, 0.2) is 30.3 Å². The van der Waals surface area contributed by atoms with Crippen molar-refractivity contribution >= 4 is 24.3 Å². The van der Waals surface area contributed by atoms with Gasteiger partial charge in [0, 0.05) is 63.2 Å². The summed E-state index contributed by atoms with van der Waals surface area (Å²) in [5.41, 5.74) is 1.37. The Hall–Kier alpha value is -1.79. The maximum atomic E-state index is 13.2. The van der Waals surface area contributed by atoms with E-state index in [0.717, 1.165) is 51.9 Å². The van der Waals surface area contributed by atoms with Crippen molar-refractivity contribution in [3.63, 3.8) is 0 Å². The van der Waals surface area contributed by atoms with Crippen LogP contribution in [0.3, 0.4) is 0 Å². The molecular formula is C29H43ClN4O2. The van der Waals surface area contributed by atoms with Gasteiger partial charge in [-0.2, -0.15) is 0 Å². The van der Waals surface area contributed by atoms with Crippen LogP contribution >= 0.6 is 12.4 Å². The van der Waals surface area contributed by atoms with Crippen molar-refractivity contribution in [3.05, 3.63) is 35.9 Å². The lowest BCUT2D eigenvalue weighted by Gasteiger charge is -2.50. The molecule has 1 aromatic rings. The SMILES string of the molecule is CC(C)N1C(=O)N(C)CC12CC1CCC(C2)N1C[C@H]1CN(C(=O)C2CCC2)C[C@@H]1c1ccccc1.Cl. The van der Waals surface area contributed by atoms with Gasteiger partial charge in [0.15, 0.2) is 0 Å². The third-order valence-corrected chi connectivity index (χ3v) is 9.97. The van der Waals surface area contributed by atoms with Gasteiger partial charge >= 0.3 is 6.03 Å². The molecule has 6 nitrogen and oxygen atoms in total. The highest BCUT2D eigenvalue weighted by atomic mass is 35.5. The molecule has 6 rings (SSSR count). The van der Waals surface area contributed by atoms with Crippen LogP contribution in [0.5, 0.6) is 0 Å². The first-order chi connectivity index (χ1) is 16.9. The second-order valence-corrected chi connectivity index (χ2v) is 12.5. The van der Waals surface area contributed by atoms with E-state index in [1.807, 2.05) is 11.9 Å². The summed E-state index contributed by atoms with van der Waals surface area (Å²) in [6, 6.07) is 12.4. The van der Waals surface area contributed by atoms with Gasteiger partial charge in [0.2, 0.25) is 5.91 Å². The third kappa shape index (κ3) is 4.22. The fourth-order valence-corrected chi connectivity index (χ4v) is 8.28. The van der Waals surface area contributed by atoms with Crippen LogP contribution in [-0.2, 0) is 4.79 Å². The number of rotatable bonds is 5. The van der Waals surface area contributed by atoms with Gasteiger partial charge in [0.05, 0.1) is 5.54 Å². The van der Waals surface area contributed by atoms with Gasteiger partial charge in [-0.15, -0.1) is 12.4 Å². The lowest BCUT2D eigenvalue weighted by Crippen LogP contribution is -2.60. The Bertz CT molecular complexity index is 953. The van der Waals surface area contributed by atoms with Gasteiger partial charge in [0.1, 0.15) is 0 Å². The number of fused-ring (bicyclic) bond motifs is 2. The van der Waals surface area contributed by atoms with E-state index in [2.05, 4.69) is 58.9 Å². The van der Waals surface area contributed by atoms with Crippen LogP contribution in [0.25, 0.3) is 0 Å². The summed E-state index contributed by atoms with van der Waals surface area (Å²) in [4.78, 5) is 35.3. The number of carbonyl (C=O) groups is 2. The molecule has 2 unspecified atom stereocenters. The van der Waals surface area contributed by atoms with Crippen LogP contribution in [0.2, 0.25) is 0 Å². The summed E-state index contributed by atoms with van der Waals surface area (Å²) in [6.07, 6.45) is 8.02. The molecule has 4 heterocycles. The van der Waals surface area contributed by atoms with E-state index in [1.165, 1.54) is 24.8 Å². The van der Waals surface area contributed by atoms with Crippen molar-refractivity contribution < 1.29 is 9.59 Å². The van der Waals surface area contributed by atoms with Crippen LogP contribution < -0.4 is 0 Å². The van der Waals surface area contributed by atoms with Gasteiger partial charge in [0.25, 0.3) is 0 Å². The molecule has 4 aliphatic heterocycles. The average Bonchev–Trinajstić information content (AvgIpc) is 3.39. The molecule has 0 radical (unpaired) electrons. The average molecular weight is 515 g/mol. The van der Waals surface area contributed by atoms with E-state index < -0.39 is 0 Å². The Morgan fingerprint density at radius 2 is 1.69 bits per heavy atom. The molecule has 3 amide bonds. The monoisotopic (exact) mass is 514 g/mol. The summed E-state index contributed by atoms with van der Waals surface area (Å²) in [5.74, 6) is 1.57. The van der Waals surface area contributed by atoms with Crippen molar-refractivity contribution in [2.45, 2.75) is 88.4 Å². The number of hydrogen-bond donors (Lipinski definition) is 0. The van der Waals surface area contributed by atoms with Crippen LogP contribution in [0.4, 0.5) is 4.79 Å². The molecule has 5 fully saturated rings. The molecule has 1 saturated carbocycles. The molecule has 1 spiro atoms. The summed E-state index contributed by atoms with van der Waals surface area (Å²) in [5, 5.41) is 0. The molecule has 2 bridgehead atoms. The van der Waals surface area contributed by atoms with Gasteiger partial charge in [-0.05, 0) is 63.9 Å². The van der Waals surface area contributed by atoms with E-state index in [4.69, 9.17) is 0 Å². The standard InChI is InChI=1S/C29H42N4O2.ClH/c1-20(2)33-28(35)30(3)19-29(33)14-24-12-13-25(15-29)32(24)17-23-16-31(27(34)22-10-7-11-22)18-26(23)21-8-5-4-6-9-21;/h4-6,8-9,20,22-26H,7,10-19H2,1-3H3;1H/t23-,24?,25?,26-,29?;/m1./s1. The van der Waals surface area contributed by atoms with Crippen molar-refractivity contribution in [1.29, 1.82) is 0 Å². The van der Waals surface area contributed by atoms with Crippen molar-refractivity contribution in [2.24, 2.45) is 11.8 Å².